The quantitative estimate of drug-likeness (QED) is 0.447. The number of aryl methyl sites for hydroxylation is 1. The van der Waals surface area contributed by atoms with Gasteiger partial charge in [0.15, 0.2) is 16.9 Å². The molecular weight excluding hydrogens is 413 g/mol. The fraction of sp³-hybridized carbons (Fsp3) is 0.136. The van der Waals surface area contributed by atoms with Crippen LogP contribution in [0, 0.1) is 5.82 Å². The van der Waals surface area contributed by atoms with Crippen LogP contribution < -0.4 is 10.1 Å². The average molecular weight is 431 g/mol. The second-order valence-electron chi connectivity index (χ2n) is 7.25. The highest BCUT2D eigenvalue weighted by atomic mass is 19.1. The number of aromatic nitrogens is 6. The molecule has 0 radical (unpaired) electrons. The molecule has 2 N–H and O–H groups in total. The summed E-state index contributed by atoms with van der Waals surface area (Å²) in [5.74, 6) is -0.118. The molecule has 32 heavy (non-hydrogen) atoms. The third-order valence-electron chi connectivity index (χ3n) is 5.07. The van der Waals surface area contributed by atoms with E-state index in [0.717, 1.165) is 5.39 Å². The van der Waals surface area contributed by atoms with Crippen LogP contribution in [0.2, 0.25) is 0 Å². The van der Waals surface area contributed by atoms with E-state index >= 15 is 0 Å². The van der Waals surface area contributed by atoms with Gasteiger partial charge in [-0.3, -0.25) is 9.67 Å². The first-order chi connectivity index (χ1) is 15.5. The number of amides is 1. The molecule has 4 heterocycles. The standard InChI is InChI=1S/C22H18FN7O2/c1-12(15-5-3-4-8-24-15)27-22(31)32-18-11-26-21-20(18)28-16(10-25-21)19-14-7-6-13(23)9-17(14)30(2)29-19/h3-12H,1-2H3,(H,25,26)(H,27,31)/t12-/m1/s1. The van der Waals surface area contributed by atoms with E-state index in [1.807, 2.05) is 19.1 Å². The van der Waals surface area contributed by atoms with E-state index in [1.165, 1.54) is 18.3 Å². The molecule has 160 valence electrons. The molecule has 0 saturated carbocycles. The number of hydrogen-bond donors (Lipinski definition) is 2. The zero-order valence-electron chi connectivity index (χ0n) is 17.2. The Balaban J connectivity index is 1.44. The molecule has 0 aliphatic carbocycles. The van der Waals surface area contributed by atoms with Gasteiger partial charge in [-0.2, -0.15) is 5.10 Å². The van der Waals surface area contributed by atoms with Gasteiger partial charge in [0.1, 0.15) is 17.2 Å². The van der Waals surface area contributed by atoms with Gasteiger partial charge in [0, 0.05) is 24.8 Å². The maximum atomic E-state index is 13.6. The number of carbonyl (C=O) groups is 1. The molecule has 0 aliphatic rings. The summed E-state index contributed by atoms with van der Waals surface area (Å²) in [4.78, 5) is 28.6. The zero-order valence-corrected chi connectivity index (χ0v) is 17.2. The number of rotatable bonds is 4. The molecule has 0 fully saturated rings. The summed E-state index contributed by atoms with van der Waals surface area (Å²) < 4.78 is 20.7. The third kappa shape index (κ3) is 3.51. The van der Waals surface area contributed by atoms with Gasteiger partial charge in [-0.25, -0.2) is 19.2 Å². The summed E-state index contributed by atoms with van der Waals surface area (Å²) in [6.07, 6.45) is 4.10. The Kier molecular flexibility index (Phi) is 4.74. The smallest absolute Gasteiger partial charge is 0.406 e. The Labute approximate surface area is 181 Å². The molecule has 0 aliphatic heterocycles. The fourth-order valence-electron chi connectivity index (χ4n) is 3.49. The van der Waals surface area contributed by atoms with Crippen LogP contribution in [0.15, 0.2) is 55.0 Å². The number of benzene rings is 1. The number of fused-ring (bicyclic) bond motifs is 2. The Morgan fingerprint density at radius 1 is 1.25 bits per heavy atom. The van der Waals surface area contributed by atoms with Crippen LogP contribution >= 0.6 is 0 Å². The van der Waals surface area contributed by atoms with E-state index in [2.05, 4.69) is 30.4 Å². The van der Waals surface area contributed by atoms with E-state index < -0.39 is 6.09 Å². The zero-order chi connectivity index (χ0) is 22.2. The van der Waals surface area contributed by atoms with E-state index in [0.29, 0.717) is 33.8 Å². The number of H-pyrrole nitrogens is 1. The fourth-order valence-corrected chi connectivity index (χ4v) is 3.49. The molecule has 10 heteroatoms. The minimum atomic E-state index is -0.644. The highest BCUT2D eigenvalue weighted by Crippen LogP contribution is 2.30. The van der Waals surface area contributed by atoms with Crippen LogP contribution in [0.4, 0.5) is 9.18 Å². The number of nitrogens with zero attached hydrogens (tertiary/aromatic N) is 5. The number of aromatic amines is 1. The Morgan fingerprint density at radius 2 is 2.12 bits per heavy atom. The molecule has 0 spiro atoms. The van der Waals surface area contributed by atoms with E-state index in [4.69, 9.17) is 4.74 Å². The molecule has 9 nitrogen and oxygen atoms in total. The third-order valence-corrected chi connectivity index (χ3v) is 5.07. The van der Waals surface area contributed by atoms with E-state index in [1.54, 1.807) is 36.3 Å². The van der Waals surface area contributed by atoms with Gasteiger partial charge in [-0.15, -0.1) is 0 Å². The molecule has 5 rings (SSSR count). The normalized spacial score (nSPS) is 12.2. The van der Waals surface area contributed by atoms with Crippen molar-refractivity contribution in [1.29, 1.82) is 0 Å². The average Bonchev–Trinajstić information content (AvgIpc) is 3.34. The van der Waals surface area contributed by atoms with Crippen molar-refractivity contribution < 1.29 is 13.9 Å². The van der Waals surface area contributed by atoms with Crippen LogP contribution in [-0.2, 0) is 7.05 Å². The number of carbonyl (C=O) groups excluding carboxylic acids is 1. The maximum Gasteiger partial charge on any atom is 0.413 e. The highest BCUT2D eigenvalue weighted by Gasteiger charge is 2.18. The Hall–Kier alpha value is -4.34. The van der Waals surface area contributed by atoms with E-state index in [-0.39, 0.29) is 17.6 Å². The lowest BCUT2D eigenvalue weighted by Crippen LogP contribution is -2.29. The summed E-state index contributed by atoms with van der Waals surface area (Å²) in [7, 11) is 1.73. The van der Waals surface area contributed by atoms with Crippen molar-refractivity contribution >= 4 is 28.2 Å². The Morgan fingerprint density at radius 3 is 2.94 bits per heavy atom. The van der Waals surface area contributed by atoms with Crippen LogP contribution in [0.1, 0.15) is 18.7 Å². The number of ether oxygens (including phenoxy) is 1. The molecule has 5 aromatic rings. The molecule has 0 unspecified atom stereocenters. The van der Waals surface area contributed by atoms with Crippen molar-refractivity contribution in [3.63, 3.8) is 0 Å². The van der Waals surface area contributed by atoms with Crippen LogP contribution in [0.3, 0.4) is 0 Å². The maximum absolute atomic E-state index is 13.6. The minimum Gasteiger partial charge on any atom is -0.406 e. The predicted molar refractivity (Wildman–Crippen MR) is 115 cm³/mol. The van der Waals surface area contributed by atoms with Crippen molar-refractivity contribution in [2.24, 2.45) is 7.05 Å². The van der Waals surface area contributed by atoms with Gasteiger partial charge >= 0.3 is 6.09 Å². The van der Waals surface area contributed by atoms with Gasteiger partial charge in [0.2, 0.25) is 0 Å². The van der Waals surface area contributed by atoms with Crippen molar-refractivity contribution in [2.75, 3.05) is 0 Å². The van der Waals surface area contributed by atoms with E-state index in [9.17, 15) is 9.18 Å². The summed E-state index contributed by atoms with van der Waals surface area (Å²) >= 11 is 0. The van der Waals surface area contributed by atoms with Crippen molar-refractivity contribution in [1.82, 2.24) is 35.0 Å². The van der Waals surface area contributed by atoms with Crippen molar-refractivity contribution in [3.05, 3.63) is 66.5 Å². The van der Waals surface area contributed by atoms with Gasteiger partial charge in [-0.05, 0) is 37.3 Å². The number of nitrogens with one attached hydrogen (secondary N) is 2. The Bertz CT molecular complexity index is 1450. The SMILES string of the molecule is C[C@@H](NC(=O)Oc1c[nH]c2ncc(-c3nn(C)c4cc(F)ccc34)nc12)c1ccccn1. The molecular formula is C22H18FN7O2. The monoisotopic (exact) mass is 431 g/mol. The largest absolute Gasteiger partial charge is 0.413 e. The summed E-state index contributed by atoms with van der Waals surface area (Å²) in [5.41, 5.74) is 3.21. The summed E-state index contributed by atoms with van der Waals surface area (Å²) in [6, 6.07) is 9.57. The lowest BCUT2D eigenvalue weighted by atomic mass is 10.1. The number of hydrogen-bond acceptors (Lipinski definition) is 6. The first kappa shape index (κ1) is 19.6. The van der Waals surface area contributed by atoms with Gasteiger partial charge in [0.25, 0.3) is 0 Å². The lowest BCUT2D eigenvalue weighted by Gasteiger charge is -2.12. The minimum absolute atomic E-state index is 0.228. The number of halogens is 1. The second-order valence-corrected chi connectivity index (χ2v) is 7.25. The van der Waals surface area contributed by atoms with Crippen LogP contribution in [0.25, 0.3) is 33.5 Å². The second kappa shape index (κ2) is 7.73. The van der Waals surface area contributed by atoms with Crippen LogP contribution in [-0.4, -0.2) is 35.8 Å². The van der Waals surface area contributed by atoms with Crippen molar-refractivity contribution in [2.45, 2.75) is 13.0 Å². The van der Waals surface area contributed by atoms with Crippen LogP contribution in [0.5, 0.6) is 5.75 Å². The summed E-state index contributed by atoms with van der Waals surface area (Å²) in [6.45, 7) is 1.81. The lowest BCUT2D eigenvalue weighted by molar-refractivity contribution is 0.197. The summed E-state index contributed by atoms with van der Waals surface area (Å²) in [5, 5.41) is 7.95. The van der Waals surface area contributed by atoms with Gasteiger partial charge < -0.3 is 15.0 Å². The number of pyridine rings is 1. The van der Waals surface area contributed by atoms with Gasteiger partial charge in [0.05, 0.1) is 23.4 Å². The van der Waals surface area contributed by atoms with Gasteiger partial charge in [-0.1, -0.05) is 6.07 Å². The molecule has 1 amide bonds. The highest BCUT2D eigenvalue weighted by molar-refractivity contribution is 5.93. The molecule has 0 saturated heterocycles. The first-order valence-electron chi connectivity index (χ1n) is 9.85. The predicted octanol–water partition coefficient (Wildman–Crippen LogP) is 3.90. The first-order valence-corrected chi connectivity index (χ1v) is 9.85. The molecule has 0 bridgehead atoms. The topological polar surface area (TPSA) is 111 Å². The molecule has 1 atom stereocenters. The molecule has 4 aromatic heterocycles. The van der Waals surface area contributed by atoms with Crippen molar-refractivity contribution in [3.8, 4) is 17.1 Å². The molecule has 1 aromatic carbocycles.